The molecule has 0 aliphatic carbocycles. The van der Waals surface area contributed by atoms with Crippen LogP contribution in [0.3, 0.4) is 0 Å². The SMILES string of the molecule is C=CC[NH2+]CC(=O)N1CCc2sccc2[C@H]1c1ccccc1C. The van der Waals surface area contributed by atoms with Gasteiger partial charge >= 0.3 is 0 Å². The Hall–Kier alpha value is -1.91. The number of fused-ring (bicyclic) bond motifs is 1. The van der Waals surface area contributed by atoms with Crippen molar-refractivity contribution in [2.75, 3.05) is 19.6 Å². The minimum absolute atomic E-state index is 0.0517. The predicted molar refractivity (Wildman–Crippen MR) is 94.6 cm³/mol. The molecule has 1 aromatic carbocycles. The van der Waals surface area contributed by atoms with Crippen LogP contribution in [-0.2, 0) is 11.2 Å². The molecule has 3 nitrogen and oxygen atoms in total. The van der Waals surface area contributed by atoms with Crippen LogP contribution < -0.4 is 5.32 Å². The summed E-state index contributed by atoms with van der Waals surface area (Å²) in [4.78, 5) is 16.2. The third-order valence-corrected chi connectivity index (χ3v) is 5.42. The van der Waals surface area contributed by atoms with E-state index in [0.717, 1.165) is 19.5 Å². The summed E-state index contributed by atoms with van der Waals surface area (Å²) in [6, 6.07) is 10.6. The zero-order chi connectivity index (χ0) is 16.2. The zero-order valence-electron chi connectivity index (χ0n) is 13.5. The van der Waals surface area contributed by atoms with Crippen molar-refractivity contribution in [3.05, 3.63) is 69.9 Å². The van der Waals surface area contributed by atoms with Crippen LogP contribution in [0, 0.1) is 6.92 Å². The Morgan fingerprint density at radius 1 is 1.39 bits per heavy atom. The maximum Gasteiger partial charge on any atom is 0.278 e. The molecule has 1 amide bonds. The van der Waals surface area contributed by atoms with Gasteiger partial charge in [0, 0.05) is 11.4 Å². The molecule has 1 aromatic heterocycles. The largest absolute Gasteiger partial charge is 0.335 e. The molecule has 0 spiro atoms. The highest BCUT2D eigenvalue weighted by Crippen LogP contribution is 2.38. The smallest absolute Gasteiger partial charge is 0.278 e. The van der Waals surface area contributed by atoms with E-state index in [0.29, 0.717) is 6.54 Å². The minimum atomic E-state index is 0.0517. The van der Waals surface area contributed by atoms with Crippen LogP contribution in [-0.4, -0.2) is 30.4 Å². The first-order valence-electron chi connectivity index (χ1n) is 8.06. The van der Waals surface area contributed by atoms with E-state index in [9.17, 15) is 4.79 Å². The van der Waals surface area contributed by atoms with Crippen molar-refractivity contribution in [3.8, 4) is 0 Å². The van der Waals surface area contributed by atoms with Crippen molar-refractivity contribution < 1.29 is 10.1 Å². The van der Waals surface area contributed by atoms with Gasteiger partial charge in [0.1, 0.15) is 0 Å². The molecule has 3 rings (SSSR count). The van der Waals surface area contributed by atoms with Crippen LogP contribution in [0.2, 0.25) is 0 Å². The van der Waals surface area contributed by atoms with Gasteiger partial charge in [-0.3, -0.25) is 4.79 Å². The second kappa shape index (κ2) is 7.11. The third kappa shape index (κ3) is 3.23. The highest BCUT2D eigenvalue weighted by Gasteiger charge is 2.33. The third-order valence-electron chi connectivity index (χ3n) is 4.42. The van der Waals surface area contributed by atoms with Crippen molar-refractivity contribution in [1.82, 2.24) is 4.90 Å². The van der Waals surface area contributed by atoms with Crippen molar-refractivity contribution in [2.45, 2.75) is 19.4 Å². The monoisotopic (exact) mass is 327 g/mol. The van der Waals surface area contributed by atoms with E-state index < -0.39 is 0 Å². The summed E-state index contributed by atoms with van der Waals surface area (Å²) < 4.78 is 0. The number of hydrogen-bond donors (Lipinski definition) is 1. The summed E-state index contributed by atoms with van der Waals surface area (Å²) in [6.45, 7) is 7.89. The van der Waals surface area contributed by atoms with Crippen LogP contribution >= 0.6 is 11.3 Å². The number of carbonyl (C=O) groups is 1. The fourth-order valence-corrected chi connectivity index (χ4v) is 4.16. The Morgan fingerprint density at radius 3 is 3.00 bits per heavy atom. The lowest BCUT2D eigenvalue weighted by Gasteiger charge is -2.36. The fraction of sp³-hybridized carbons (Fsp3) is 0.316. The van der Waals surface area contributed by atoms with Crippen molar-refractivity contribution >= 4 is 17.2 Å². The molecule has 4 heteroatoms. The van der Waals surface area contributed by atoms with Gasteiger partial charge < -0.3 is 10.2 Å². The van der Waals surface area contributed by atoms with E-state index in [4.69, 9.17) is 0 Å². The standard InChI is InChI=1S/C19H22N2OS/c1-3-10-20-13-18(22)21-11-8-17-16(9-12-23-17)19(21)15-7-5-4-6-14(15)2/h3-7,9,12,19-20H,1,8,10-11,13H2,2H3/p+1/t19-/m1/s1. The molecule has 0 fully saturated rings. The van der Waals surface area contributed by atoms with Gasteiger partial charge in [-0.2, -0.15) is 0 Å². The van der Waals surface area contributed by atoms with Crippen molar-refractivity contribution in [3.63, 3.8) is 0 Å². The van der Waals surface area contributed by atoms with E-state index in [1.807, 2.05) is 11.4 Å². The van der Waals surface area contributed by atoms with Crippen LogP contribution in [0.4, 0.5) is 0 Å². The number of amides is 1. The van der Waals surface area contributed by atoms with Crippen LogP contribution in [0.1, 0.15) is 27.6 Å². The summed E-state index contributed by atoms with van der Waals surface area (Å²) in [5.74, 6) is 0.206. The zero-order valence-corrected chi connectivity index (χ0v) is 14.3. The molecule has 1 aliphatic heterocycles. The second-order valence-electron chi connectivity index (χ2n) is 5.91. The first kappa shape index (κ1) is 16.0. The van der Waals surface area contributed by atoms with Gasteiger partial charge in [0.25, 0.3) is 5.91 Å². The fourth-order valence-electron chi connectivity index (χ4n) is 3.26. The summed E-state index contributed by atoms with van der Waals surface area (Å²) in [7, 11) is 0. The highest BCUT2D eigenvalue weighted by molar-refractivity contribution is 7.10. The molecule has 0 unspecified atom stereocenters. The Balaban J connectivity index is 1.94. The summed E-state index contributed by atoms with van der Waals surface area (Å²) in [6.07, 6.45) is 2.79. The average molecular weight is 327 g/mol. The van der Waals surface area contributed by atoms with E-state index in [1.54, 1.807) is 11.3 Å². The molecule has 1 aliphatic rings. The summed E-state index contributed by atoms with van der Waals surface area (Å²) in [5.41, 5.74) is 3.78. The second-order valence-corrected chi connectivity index (χ2v) is 6.91. The quantitative estimate of drug-likeness (QED) is 0.664. The summed E-state index contributed by atoms with van der Waals surface area (Å²) >= 11 is 1.81. The number of rotatable bonds is 5. The van der Waals surface area contributed by atoms with Gasteiger partial charge in [0.05, 0.1) is 12.6 Å². The Kier molecular flexibility index (Phi) is 4.94. The lowest BCUT2D eigenvalue weighted by molar-refractivity contribution is -0.635. The summed E-state index contributed by atoms with van der Waals surface area (Å²) in [5, 5.41) is 4.15. The Bertz CT molecular complexity index is 707. The molecule has 0 radical (unpaired) electrons. The molecule has 0 saturated heterocycles. The lowest BCUT2D eigenvalue weighted by Crippen LogP contribution is -2.86. The van der Waals surface area contributed by atoms with Crippen molar-refractivity contribution in [2.24, 2.45) is 0 Å². The number of benzene rings is 1. The topological polar surface area (TPSA) is 36.9 Å². The molecule has 2 N–H and O–H groups in total. The van der Waals surface area contributed by atoms with Crippen molar-refractivity contribution in [1.29, 1.82) is 0 Å². The molecule has 120 valence electrons. The molecule has 1 atom stereocenters. The average Bonchev–Trinajstić information content (AvgIpc) is 3.03. The van der Waals surface area contributed by atoms with Gasteiger partial charge in [-0.05, 0) is 47.6 Å². The number of thiophene rings is 1. The number of quaternary nitrogens is 1. The van der Waals surface area contributed by atoms with E-state index >= 15 is 0 Å². The van der Waals surface area contributed by atoms with Gasteiger partial charge in [-0.25, -0.2) is 0 Å². The number of nitrogens with two attached hydrogens (primary N) is 1. The van der Waals surface area contributed by atoms with Crippen LogP contribution in [0.15, 0.2) is 48.4 Å². The molecule has 23 heavy (non-hydrogen) atoms. The molecule has 2 aromatic rings. The van der Waals surface area contributed by atoms with Gasteiger partial charge in [0.15, 0.2) is 6.54 Å². The van der Waals surface area contributed by atoms with E-state index in [-0.39, 0.29) is 11.9 Å². The molecular formula is C19H23N2OS+. The lowest BCUT2D eigenvalue weighted by atomic mass is 9.90. The van der Waals surface area contributed by atoms with Gasteiger partial charge in [-0.1, -0.05) is 30.8 Å². The normalized spacial score (nSPS) is 16.9. The number of hydrogen-bond acceptors (Lipinski definition) is 2. The van der Waals surface area contributed by atoms with E-state index in [2.05, 4.69) is 54.1 Å². The number of aryl methyl sites for hydroxylation is 1. The maximum absolute atomic E-state index is 12.8. The van der Waals surface area contributed by atoms with Crippen LogP contribution in [0.5, 0.6) is 0 Å². The molecule has 0 saturated carbocycles. The first-order chi connectivity index (χ1) is 11.2. The van der Waals surface area contributed by atoms with Crippen LogP contribution in [0.25, 0.3) is 0 Å². The predicted octanol–water partition coefficient (Wildman–Crippen LogP) is 2.28. The molecule has 0 bridgehead atoms. The molecular weight excluding hydrogens is 304 g/mol. The molecule has 2 heterocycles. The number of nitrogens with zero attached hydrogens (tertiary/aromatic N) is 1. The Labute approximate surface area is 141 Å². The van der Waals surface area contributed by atoms with Gasteiger partial charge in [0.2, 0.25) is 0 Å². The maximum atomic E-state index is 12.8. The Morgan fingerprint density at radius 2 is 2.22 bits per heavy atom. The van der Waals surface area contributed by atoms with Gasteiger partial charge in [-0.15, -0.1) is 11.3 Å². The minimum Gasteiger partial charge on any atom is -0.335 e. The number of carbonyl (C=O) groups excluding carboxylic acids is 1. The van der Waals surface area contributed by atoms with E-state index in [1.165, 1.54) is 21.6 Å². The highest BCUT2D eigenvalue weighted by atomic mass is 32.1. The first-order valence-corrected chi connectivity index (χ1v) is 8.94.